The molecule has 1 aromatic carbocycles. The molecule has 1 aromatic rings. The highest BCUT2D eigenvalue weighted by atomic mass is 32.2. The lowest BCUT2D eigenvalue weighted by Crippen LogP contribution is -1.94. The average Bonchev–Trinajstić information content (AvgIpc) is 2.17. The van der Waals surface area contributed by atoms with E-state index in [9.17, 15) is 9.18 Å². The topological polar surface area (TPSA) is 26.3 Å². The molecule has 0 aliphatic rings. The van der Waals surface area contributed by atoms with Crippen molar-refractivity contribution in [2.24, 2.45) is 0 Å². The Hall–Kier alpha value is -1.03. The van der Waals surface area contributed by atoms with Gasteiger partial charge in [0.1, 0.15) is 5.75 Å². The molecule has 0 bridgehead atoms. The van der Waals surface area contributed by atoms with E-state index in [0.29, 0.717) is 16.9 Å². The minimum absolute atomic E-state index is 0.0603. The minimum Gasteiger partial charge on any atom is -0.495 e. The zero-order valence-corrected chi connectivity index (χ0v) is 8.15. The van der Waals surface area contributed by atoms with E-state index in [1.54, 1.807) is 12.3 Å². The molecule has 0 saturated carbocycles. The van der Waals surface area contributed by atoms with E-state index in [-0.39, 0.29) is 5.56 Å². The zero-order chi connectivity index (χ0) is 9.84. The number of rotatable bonds is 3. The fraction of sp³-hybridized carbons (Fsp3) is 0.222. The molecule has 0 radical (unpaired) electrons. The van der Waals surface area contributed by atoms with Crippen LogP contribution in [0.4, 0.5) is 4.39 Å². The highest BCUT2D eigenvalue weighted by Crippen LogP contribution is 2.31. The molecule has 0 heterocycles. The van der Waals surface area contributed by atoms with Gasteiger partial charge in [0.05, 0.1) is 17.6 Å². The average molecular weight is 200 g/mol. The number of carbonyl (C=O) groups excluding carboxylic acids is 1. The molecule has 1 rings (SSSR count). The maximum Gasteiger partial charge on any atom is 0.153 e. The third kappa shape index (κ3) is 1.83. The monoisotopic (exact) mass is 200 g/mol. The Morgan fingerprint density at radius 3 is 2.69 bits per heavy atom. The molecule has 0 saturated heterocycles. The molecule has 0 aromatic heterocycles. The maximum atomic E-state index is 13.4. The zero-order valence-electron chi connectivity index (χ0n) is 7.33. The van der Waals surface area contributed by atoms with Crippen LogP contribution >= 0.6 is 11.8 Å². The van der Waals surface area contributed by atoms with Crippen LogP contribution in [-0.4, -0.2) is 19.7 Å². The quantitative estimate of drug-likeness (QED) is 0.553. The van der Waals surface area contributed by atoms with Crippen LogP contribution in [0, 0.1) is 5.82 Å². The lowest BCUT2D eigenvalue weighted by atomic mass is 10.2. The highest BCUT2D eigenvalue weighted by Gasteiger charge is 2.12. The van der Waals surface area contributed by atoms with E-state index in [0.717, 1.165) is 0 Å². The van der Waals surface area contributed by atoms with Crippen LogP contribution in [0.25, 0.3) is 0 Å². The Morgan fingerprint density at radius 1 is 1.54 bits per heavy atom. The van der Waals surface area contributed by atoms with E-state index in [1.165, 1.54) is 24.9 Å². The predicted molar refractivity (Wildman–Crippen MR) is 50.1 cm³/mol. The number of ether oxygens (including phenoxy) is 1. The number of thioether (sulfide) groups is 1. The van der Waals surface area contributed by atoms with Gasteiger partial charge in [-0.25, -0.2) is 4.39 Å². The van der Waals surface area contributed by atoms with Crippen molar-refractivity contribution in [3.63, 3.8) is 0 Å². The van der Waals surface area contributed by atoms with E-state index >= 15 is 0 Å². The first-order valence-electron chi connectivity index (χ1n) is 3.60. The lowest BCUT2D eigenvalue weighted by Gasteiger charge is -2.07. The molecule has 0 aliphatic carbocycles. The molecular weight excluding hydrogens is 191 g/mol. The van der Waals surface area contributed by atoms with Crippen LogP contribution in [0.1, 0.15) is 10.4 Å². The number of hydrogen-bond acceptors (Lipinski definition) is 3. The molecule has 0 unspecified atom stereocenters. The van der Waals surface area contributed by atoms with Gasteiger partial charge in [0.15, 0.2) is 12.1 Å². The standard InChI is InChI=1S/C9H9FO2S/c1-12-7-4-3-6(5-11)8(10)9(7)13-2/h3-5H,1-2H3. The number of halogens is 1. The fourth-order valence-electron chi connectivity index (χ4n) is 0.996. The normalized spacial score (nSPS) is 9.77. The van der Waals surface area contributed by atoms with E-state index in [4.69, 9.17) is 4.74 Å². The Bertz CT molecular complexity index is 326. The van der Waals surface area contributed by atoms with Gasteiger partial charge in [-0.3, -0.25) is 4.79 Å². The van der Waals surface area contributed by atoms with Crippen molar-refractivity contribution in [2.45, 2.75) is 4.90 Å². The van der Waals surface area contributed by atoms with E-state index in [2.05, 4.69) is 0 Å². The molecule has 0 atom stereocenters. The Balaban J connectivity index is 3.31. The van der Waals surface area contributed by atoms with E-state index < -0.39 is 5.82 Å². The first kappa shape index (κ1) is 10.1. The van der Waals surface area contributed by atoms with Gasteiger partial charge < -0.3 is 4.74 Å². The van der Waals surface area contributed by atoms with Crippen LogP contribution in [0.2, 0.25) is 0 Å². The molecule has 70 valence electrons. The number of benzene rings is 1. The number of hydrogen-bond donors (Lipinski definition) is 0. The highest BCUT2D eigenvalue weighted by molar-refractivity contribution is 7.98. The summed E-state index contributed by atoms with van der Waals surface area (Å²) in [5.41, 5.74) is 0.0603. The van der Waals surface area contributed by atoms with Gasteiger partial charge in [-0.1, -0.05) is 0 Å². The summed E-state index contributed by atoms with van der Waals surface area (Å²) in [6, 6.07) is 2.99. The third-order valence-electron chi connectivity index (χ3n) is 1.64. The largest absolute Gasteiger partial charge is 0.495 e. The van der Waals surface area contributed by atoms with Gasteiger partial charge >= 0.3 is 0 Å². The molecule has 0 fully saturated rings. The molecule has 0 amide bonds. The van der Waals surface area contributed by atoms with Gasteiger partial charge in [-0.05, 0) is 18.4 Å². The van der Waals surface area contributed by atoms with Crippen molar-refractivity contribution in [1.29, 1.82) is 0 Å². The maximum absolute atomic E-state index is 13.4. The van der Waals surface area contributed by atoms with Crippen LogP contribution in [0.3, 0.4) is 0 Å². The lowest BCUT2D eigenvalue weighted by molar-refractivity contribution is 0.111. The summed E-state index contributed by atoms with van der Waals surface area (Å²) in [4.78, 5) is 10.8. The summed E-state index contributed by atoms with van der Waals surface area (Å²) in [6.07, 6.45) is 2.23. The molecule has 0 N–H and O–H groups in total. The third-order valence-corrected chi connectivity index (χ3v) is 2.43. The van der Waals surface area contributed by atoms with Gasteiger partial charge in [0.2, 0.25) is 0 Å². The molecule has 13 heavy (non-hydrogen) atoms. The number of carbonyl (C=O) groups is 1. The predicted octanol–water partition coefficient (Wildman–Crippen LogP) is 2.37. The Labute approximate surface area is 80.1 Å². The van der Waals surface area contributed by atoms with Crippen LogP contribution < -0.4 is 4.74 Å². The molecule has 2 nitrogen and oxygen atoms in total. The van der Waals surface area contributed by atoms with Crippen molar-refractivity contribution < 1.29 is 13.9 Å². The van der Waals surface area contributed by atoms with Gasteiger partial charge in [0.25, 0.3) is 0 Å². The SMILES string of the molecule is COc1ccc(C=O)c(F)c1SC. The van der Waals surface area contributed by atoms with Gasteiger partial charge in [0, 0.05) is 0 Å². The van der Waals surface area contributed by atoms with Crippen molar-refractivity contribution in [3.05, 3.63) is 23.5 Å². The second-order valence-corrected chi connectivity index (χ2v) is 3.14. The van der Waals surface area contributed by atoms with Gasteiger partial charge in [-0.2, -0.15) is 0 Å². The van der Waals surface area contributed by atoms with E-state index in [1.807, 2.05) is 0 Å². The molecule has 4 heteroatoms. The molecule has 0 spiro atoms. The Kier molecular flexibility index (Phi) is 3.31. The number of methoxy groups -OCH3 is 1. The Morgan fingerprint density at radius 2 is 2.23 bits per heavy atom. The van der Waals surface area contributed by atoms with Gasteiger partial charge in [-0.15, -0.1) is 11.8 Å². The summed E-state index contributed by atoms with van der Waals surface area (Å²) in [7, 11) is 1.47. The summed E-state index contributed by atoms with van der Waals surface area (Å²) >= 11 is 1.22. The van der Waals surface area contributed by atoms with Crippen molar-refractivity contribution in [3.8, 4) is 5.75 Å². The summed E-state index contributed by atoms with van der Waals surface area (Å²) in [6.45, 7) is 0. The summed E-state index contributed by atoms with van der Waals surface area (Å²) in [5.74, 6) is -0.0579. The van der Waals surface area contributed by atoms with Crippen LogP contribution in [-0.2, 0) is 0 Å². The van der Waals surface area contributed by atoms with Crippen molar-refractivity contribution in [2.75, 3.05) is 13.4 Å². The summed E-state index contributed by atoms with van der Waals surface area (Å²) < 4.78 is 18.3. The van der Waals surface area contributed by atoms with Crippen LogP contribution in [0.5, 0.6) is 5.75 Å². The first-order valence-corrected chi connectivity index (χ1v) is 4.82. The molecule has 0 aliphatic heterocycles. The minimum atomic E-state index is -0.512. The van der Waals surface area contributed by atoms with Crippen molar-refractivity contribution in [1.82, 2.24) is 0 Å². The van der Waals surface area contributed by atoms with Crippen molar-refractivity contribution >= 4 is 18.0 Å². The number of aldehydes is 1. The second-order valence-electron chi connectivity index (χ2n) is 2.32. The van der Waals surface area contributed by atoms with Crippen LogP contribution in [0.15, 0.2) is 17.0 Å². The first-order chi connectivity index (χ1) is 6.24. The fourth-order valence-corrected chi connectivity index (χ4v) is 1.65. The second kappa shape index (κ2) is 4.28. The smallest absolute Gasteiger partial charge is 0.153 e. The summed E-state index contributed by atoms with van der Waals surface area (Å²) in [5, 5.41) is 0. The molecular formula is C9H9FO2S.